The Kier molecular flexibility index (Phi) is 2.63. The molecule has 0 radical (unpaired) electrons. The van der Waals surface area contributed by atoms with Crippen molar-refractivity contribution in [3.63, 3.8) is 0 Å². The highest BCUT2D eigenvalue weighted by molar-refractivity contribution is 6.29. The molecule has 0 aliphatic heterocycles. The van der Waals surface area contributed by atoms with E-state index in [1.165, 1.54) is 12.3 Å². The molecule has 0 aromatic carbocycles. The minimum Gasteiger partial charge on any atom is -0.394 e. The summed E-state index contributed by atoms with van der Waals surface area (Å²) < 4.78 is 0. The van der Waals surface area contributed by atoms with Crippen molar-refractivity contribution >= 4 is 17.5 Å². The predicted molar refractivity (Wildman–Crippen MR) is 55.8 cm³/mol. The van der Waals surface area contributed by atoms with E-state index in [0.29, 0.717) is 5.56 Å². The van der Waals surface area contributed by atoms with Gasteiger partial charge in [0.2, 0.25) is 0 Å². The second kappa shape index (κ2) is 3.79. The highest BCUT2D eigenvalue weighted by Crippen LogP contribution is 2.34. The minimum absolute atomic E-state index is 0.0163. The van der Waals surface area contributed by atoms with Gasteiger partial charge in [-0.2, -0.15) is 0 Å². The molecule has 5 heteroatoms. The average Bonchev–Trinajstić information content (AvgIpc) is 2.98. The van der Waals surface area contributed by atoms with Gasteiger partial charge in [-0.1, -0.05) is 11.6 Å². The van der Waals surface area contributed by atoms with Crippen LogP contribution in [0.2, 0.25) is 5.15 Å². The summed E-state index contributed by atoms with van der Waals surface area (Å²) in [5, 5.41) is 12.1. The minimum atomic E-state index is -0.396. The van der Waals surface area contributed by atoms with Crippen molar-refractivity contribution in [3.05, 3.63) is 29.0 Å². The quantitative estimate of drug-likeness (QED) is 0.756. The van der Waals surface area contributed by atoms with Crippen LogP contribution in [0.15, 0.2) is 18.3 Å². The van der Waals surface area contributed by atoms with Crippen LogP contribution >= 0.6 is 11.6 Å². The van der Waals surface area contributed by atoms with Gasteiger partial charge in [0.1, 0.15) is 5.15 Å². The number of halogens is 1. The third-order valence-corrected chi connectivity index (χ3v) is 2.73. The van der Waals surface area contributed by atoms with Crippen molar-refractivity contribution in [3.8, 4) is 0 Å². The number of nitrogens with one attached hydrogen (secondary N) is 1. The van der Waals surface area contributed by atoms with E-state index in [1.807, 2.05) is 0 Å². The van der Waals surface area contributed by atoms with Crippen LogP contribution < -0.4 is 5.32 Å². The van der Waals surface area contributed by atoms with Crippen molar-refractivity contribution in [2.75, 3.05) is 6.61 Å². The van der Waals surface area contributed by atoms with Gasteiger partial charge in [-0.15, -0.1) is 0 Å². The molecule has 15 heavy (non-hydrogen) atoms. The zero-order valence-electron chi connectivity index (χ0n) is 8.03. The molecule has 2 N–H and O–H groups in total. The number of aliphatic hydroxyl groups excluding tert-OH is 1. The molecule has 1 aromatic heterocycles. The molecule has 1 aliphatic carbocycles. The molecule has 1 aliphatic rings. The van der Waals surface area contributed by atoms with Crippen molar-refractivity contribution in [2.24, 2.45) is 0 Å². The smallest absolute Gasteiger partial charge is 0.251 e. The van der Waals surface area contributed by atoms with Crippen molar-refractivity contribution in [1.82, 2.24) is 10.3 Å². The van der Waals surface area contributed by atoms with Crippen LogP contribution in [0.5, 0.6) is 0 Å². The first kappa shape index (κ1) is 10.4. The summed E-state index contributed by atoms with van der Waals surface area (Å²) >= 11 is 5.67. The number of aromatic nitrogens is 1. The van der Waals surface area contributed by atoms with Crippen LogP contribution in [-0.2, 0) is 0 Å². The van der Waals surface area contributed by atoms with Gasteiger partial charge in [0.25, 0.3) is 5.91 Å². The topological polar surface area (TPSA) is 62.2 Å². The Hall–Kier alpha value is -1.13. The maximum Gasteiger partial charge on any atom is 0.251 e. The lowest BCUT2D eigenvalue weighted by atomic mass is 10.2. The van der Waals surface area contributed by atoms with E-state index in [4.69, 9.17) is 16.7 Å². The molecule has 1 aromatic rings. The van der Waals surface area contributed by atoms with E-state index >= 15 is 0 Å². The largest absolute Gasteiger partial charge is 0.394 e. The molecule has 4 nitrogen and oxygen atoms in total. The van der Waals surface area contributed by atoms with Crippen LogP contribution in [0.1, 0.15) is 23.2 Å². The van der Waals surface area contributed by atoms with E-state index < -0.39 is 5.54 Å². The molecule has 0 atom stereocenters. The predicted octanol–water partition coefficient (Wildman–Crippen LogP) is 0.990. The Labute approximate surface area is 92.3 Å². The lowest BCUT2D eigenvalue weighted by molar-refractivity contribution is 0.0906. The maximum atomic E-state index is 11.7. The number of hydrogen-bond acceptors (Lipinski definition) is 3. The molecule has 1 heterocycles. The fraction of sp³-hybridized carbons (Fsp3) is 0.400. The van der Waals surface area contributed by atoms with Crippen molar-refractivity contribution in [2.45, 2.75) is 18.4 Å². The molecule has 1 saturated carbocycles. The number of carbonyl (C=O) groups is 1. The summed E-state index contributed by atoms with van der Waals surface area (Å²) in [6.07, 6.45) is 3.14. The molecular formula is C10H11ClN2O2. The first-order valence-corrected chi connectivity index (χ1v) is 5.08. The van der Waals surface area contributed by atoms with Gasteiger partial charge in [0, 0.05) is 11.8 Å². The zero-order valence-corrected chi connectivity index (χ0v) is 8.79. The fourth-order valence-corrected chi connectivity index (χ4v) is 1.50. The molecule has 1 amide bonds. The lowest BCUT2D eigenvalue weighted by Crippen LogP contribution is -2.39. The van der Waals surface area contributed by atoms with Gasteiger partial charge in [-0.3, -0.25) is 4.79 Å². The molecule has 0 unspecified atom stereocenters. The number of amides is 1. The normalized spacial score (nSPS) is 17.2. The number of pyridine rings is 1. The molecular weight excluding hydrogens is 216 g/mol. The van der Waals surface area contributed by atoms with Crippen LogP contribution in [0.25, 0.3) is 0 Å². The Morgan fingerprint density at radius 1 is 1.67 bits per heavy atom. The third kappa shape index (κ3) is 2.27. The van der Waals surface area contributed by atoms with Gasteiger partial charge >= 0.3 is 0 Å². The Balaban J connectivity index is 2.08. The standard InChI is InChI=1S/C10H11ClN2O2/c11-8-5-7(1-4-12-8)9(15)13-10(6-14)2-3-10/h1,4-5,14H,2-3,6H2,(H,13,15). The van der Waals surface area contributed by atoms with Crippen LogP contribution in [0.3, 0.4) is 0 Å². The number of carbonyl (C=O) groups excluding carboxylic acids is 1. The van der Waals surface area contributed by atoms with Gasteiger partial charge < -0.3 is 10.4 Å². The molecule has 0 bridgehead atoms. The molecule has 0 saturated heterocycles. The maximum absolute atomic E-state index is 11.7. The average molecular weight is 227 g/mol. The van der Waals surface area contributed by atoms with E-state index in [0.717, 1.165) is 12.8 Å². The Bertz CT molecular complexity index is 391. The monoisotopic (exact) mass is 226 g/mol. The van der Waals surface area contributed by atoms with Gasteiger partial charge in [0.05, 0.1) is 12.1 Å². The number of rotatable bonds is 3. The Morgan fingerprint density at radius 3 is 2.93 bits per heavy atom. The van der Waals surface area contributed by atoms with E-state index in [2.05, 4.69) is 10.3 Å². The summed E-state index contributed by atoms with van der Waals surface area (Å²) in [5.74, 6) is -0.217. The molecule has 1 fully saturated rings. The second-order valence-corrected chi connectivity index (χ2v) is 4.15. The molecule has 80 valence electrons. The summed E-state index contributed by atoms with van der Waals surface area (Å²) in [5.41, 5.74) is 0.0713. The zero-order chi connectivity index (χ0) is 10.9. The van der Waals surface area contributed by atoms with Gasteiger partial charge in [-0.05, 0) is 25.0 Å². The lowest BCUT2D eigenvalue weighted by Gasteiger charge is -2.13. The number of aliphatic hydroxyl groups is 1. The molecule has 2 rings (SSSR count). The summed E-state index contributed by atoms with van der Waals surface area (Å²) in [6, 6.07) is 3.10. The van der Waals surface area contributed by atoms with Crippen LogP contribution in [-0.4, -0.2) is 28.1 Å². The fourth-order valence-electron chi connectivity index (χ4n) is 1.33. The number of hydrogen-bond donors (Lipinski definition) is 2. The van der Waals surface area contributed by atoms with Crippen LogP contribution in [0.4, 0.5) is 0 Å². The van der Waals surface area contributed by atoms with Crippen molar-refractivity contribution < 1.29 is 9.90 Å². The highest BCUT2D eigenvalue weighted by Gasteiger charge is 2.43. The summed E-state index contributed by atoms with van der Waals surface area (Å²) in [7, 11) is 0. The van der Waals surface area contributed by atoms with Crippen LogP contribution in [0, 0.1) is 0 Å². The van der Waals surface area contributed by atoms with Crippen molar-refractivity contribution in [1.29, 1.82) is 0 Å². The van der Waals surface area contributed by atoms with Gasteiger partial charge in [-0.25, -0.2) is 4.98 Å². The number of nitrogens with zero attached hydrogens (tertiary/aromatic N) is 1. The van der Waals surface area contributed by atoms with E-state index in [-0.39, 0.29) is 17.7 Å². The first-order valence-electron chi connectivity index (χ1n) is 4.70. The summed E-state index contributed by atoms with van der Waals surface area (Å²) in [6.45, 7) is -0.0163. The van der Waals surface area contributed by atoms with E-state index in [9.17, 15) is 4.79 Å². The Morgan fingerprint density at radius 2 is 2.40 bits per heavy atom. The molecule has 0 spiro atoms. The van der Waals surface area contributed by atoms with Gasteiger partial charge in [0.15, 0.2) is 0 Å². The summed E-state index contributed by atoms with van der Waals surface area (Å²) in [4.78, 5) is 15.5. The third-order valence-electron chi connectivity index (χ3n) is 2.52. The SMILES string of the molecule is O=C(NC1(CO)CC1)c1ccnc(Cl)c1. The highest BCUT2D eigenvalue weighted by atomic mass is 35.5. The first-order chi connectivity index (χ1) is 7.15. The van der Waals surface area contributed by atoms with E-state index in [1.54, 1.807) is 6.07 Å². The second-order valence-electron chi connectivity index (χ2n) is 3.76.